The second kappa shape index (κ2) is 4.06. The number of aromatic nitrogens is 2. The minimum absolute atomic E-state index is 0.140. The molecule has 0 aliphatic heterocycles. The van der Waals surface area contributed by atoms with E-state index in [1.54, 1.807) is 0 Å². The Hall–Kier alpha value is -2.88. The fourth-order valence-electron chi connectivity index (χ4n) is 2.33. The molecule has 0 saturated carbocycles. The summed E-state index contributed by atoms with van der Waals surface area (Å²) in [6, 6.07) is 18.5. The zero-order valence-electron chi connectivity index (χ0n) is 10.5. The highest BCUT2D eigenvalue weighted by Gasteiger charge is 2.11. The number of benzene rings is 2. The summed E-state index contributed by atoms with van der Waals surface area (Å²) in [5.41, 5.74) is 2.23. The first kappa shape index (κ1) is 11.0. The maximum atomic E-state index is 12.3. The molecule has 0 aliphatic rings. The molecule has 96 valence electrons. The smallest absolute Gasteiger partial charge is 0.310 e. The number of hydrogen-bond acceptors (Lipinski definition) is 3. The van der Waals surface area contributed by atoms with E-state index < -0.39 is 0 Å². The lowest BCUT2D eigenvalue weighted by molar-refractivity contribution is 0.578. The average Bonchev–Trinajstić information content (AvgIpc) is 2.87. The highest BCUT2D eigenvalue weighted by Crippen LogP contribution is 2.21. The van der Waals surface area contributed by atoms with Crippen LogP contribution in [-0.4, -0.2) is 9.38 Å². The molecule has 0 amide bonds. The molecule has 0 N–H and O–H groups in total. The first-order valence-corrected chi connectivity index (χ1v) is 6.30. The van der Waals surface area contributed by atoms with Gasteiger partial charge in [-0.05, 0) is 12.1 Å². The van der Waals surface area contributed by atoms with Crippen LogP contribution in [-0.2, 0) is 0 Å². The minimum atomic E-state index is -0.140. The van der Waals surface area contributed by atoms with E-state index in [9.17, 15) is 4.79 Å². The van der Waals surface area contributed by atoms with Crippen LogP contribution in [0.5, 0.6) is 0 Å². The van der Waals surface area contributed by atoms with Crippen LogP contribution >= 0.6 is 0 Å². The summed E-state index contributed by atoms with van der Waals surface area (Å²) < 4.78 is 7.25. The van der Waals surface area contributed by atoms with Gasteiger partial charge in [-0.2, -0.15) is 4.98 Å². The monoisotopic (exact) mass is 262 g/mol. The predicted molar refractivity (Wildman–Crippen MR) is 76.7 cm³/mol. The Morgan fingerprint density at radius 1 is 0.950 bits per heavy atom. The van der Waals surface area contributed by atoms with Crippen LogP contribution < -0.4 is 5.56 Å². The quantitative estimate of drug-likeness (QED) is 0.529. The van der Waals surface area contributed by atoms with Gasteiger partial charge >= 0.3 is 5.84 Å². The minimum Gasteiger partial charge on any atom is -0.424 e. The van der Waals surface area contributed by atoms with Gasteiger partial charge in [-0.25, -0.2) is 4.40 Å². The van der Waals surface area contributed by atoms with Gasteiger partial charge in [0, 0.05) is 11.6 Å². The molecule has 4 heteroatoms. The molecule has 0 spiro atoms. The summed E-state index contributed by atoms with van der Waals surface area (Å²) in [6.45, 7) is 0. The van der Waals surface area contributed by atoms with Crippen molar-refractivity contribution < 1.29 is 4.42 Å². The fourth-order valence-corrected chi connectivity index (χ4v) is 2.33. The molecule has 0 unspecified atom stereocenters. The molecule has 4 rings (SSSR count). The molecule has 0 bridgehead atoms. The summed E-state index contributed by atoms with van der Waals surface area (Å²) in [6.07, 6.45) is 0. The Morgan fingerprint density at radius 3 is 2.55 bits per heavy atom. The molecular weight excluding hydrogens is 252 g/mol. The molecular formula is C16H10N2O2. The normalized spacial score (nSPS) is 11.2. The van der Waals surface area contributed by atoms with Gasteiger partial charge in [-0.3, -0.25) is 4.79 Å². The standard InChI is InChI=1S/C16H10N2O2/c19-15-10-14(11-6-2-1-3-7-11)20-16-17-12-8-4-5-9-13(12)18(15)16/h1-10H. The number of fused-ring (bicyclic) bond motifs is 3. The summed E-state index contributed by atoms with van der Waals surface area (Å²) >= 11 is 0. The van der Waals surface area contributed by atoms with E-state index in [-0.39, 0.29) is 5.56 Å². The average molecular weight is 262 g/mol. The van der Waals surface area contributed by atoms with Crippen molar-refractivity contribution in [2.75, 3.05) is 0 Å². The van der Waals surface area contributed by atoms with E-state index in [1.807, 2.05) is 54.6 Å². The maximum absolute atomic E-state index is 12.3. The van der Waals surface area contributed by atoms with E-state index in [1.165, 1.54) is 10.5 Å². The van der Waals surface area contributed by atoms with Gasteiger partial charge in [0.15, 0.2) is 0 Å². The largest absolute Gasteiger partial charge is 0.424 e. The summed E-state index contributed by atoms with van der Waals surface area (Å²) in [7, 11) is 0. The summed E-state index contributed by atoms with van der Waals surface area (Å²) in [5, 5.41) is 0. The molecule has 2 heterocycles. The van der Waals surface area contributed by atoms with Crippen LogP contribution in [0.2, 0.25) is 0 Å². The molecule has 0 aliphatic carbocycles. The lowest BCUT2D eigenvalue weighted by Gasteiger charge is -2.00. The van der Waals surface area contributed by atoms with Gasteiger partial charge in [-0.15, -0.1) is 0 Å². The van der Waals surface area contributed by atoms with Crippen molar-refractivity contribution >= 4 is 16.9 Å². The van der Waals surface area contributed by atoms with E-state index in [0.717, 1.165) is 16.6 Å². The zero-order valence-corrected chi connectivity index (χ0v) is 10.5. The molecule has 2 aromatic carbocycles. The fraction of sp³-hybridized carbons (Fsp3) is 0. The summed E-state index contributed by atoms with van der Waals surface area (Å²) in [5.74, 6) is 0.843. The third kappa shape index (κ3) is 1.55. The number of hydrogen-bond donors (Lipinski definition) is 0. The van der Waals surface area contributed by atoms with E-state index in [4.69, 9.17) is 4.42 Å². The predicted octanol–water partition coefficient (Wildman–Crippen LogP) is 3.11. The Morgan fingerprint density at radius 2 is 1.70 bits per heavy atom. The summed E-state index contributed by atoms with van der Waals surface area (Å²) in [4.78, 5) is 16.7. The third-order valence-corrected chi connectivity index (χ3v) is 3.26. The topological polar surface area (TPSA) is 47.5 Å². The highest BCUT2D eigenvalue weighted by atomic mass is 16.4. The second-order valence-electron chi connectivity index (χ2n) is 4.53. The zero-order chi connectivity index (χ0) is 13.5. The van der Waals surface area contributed by atoms with Crippen LogP contribution in [0.15, 0.2) is 69.9 Å². The highest BCUT2D eigenvalue weighted by molar-refractivity contribution is 5.79. The van der Waals surface area contributed by atoms with Crippen LogP contribution in [0.4, 0.5) is 0 Å². The van der Waals surface area contributed by atoms with E-state index in [2.05, 4.69) is 4.98 Å². The first-order valence-electron chi connectivity index (χ1n) is 6.30. The maximum Gasteiger partial charge on any atom is 0.310 e. The van der Waals surface area contributed by atoms with Crippen molar-refractivity contribution in [3.63, 3.8) is 0 Å². The Balaban J connectivity index is 2.09. The second-order valence-corrected chi connectivity index (χ2v) is 4.53. The van der Waals surface area contributed by atoms with E-state index in [0.29, 0.717) is 11.6 Å². The first-order chi connectivity index (χ1) is 9.83. The number of nitrogens with zero attached hydrogens (tertiary/aromatic N) is 2. The van der Waals surface area contributed by atoms with Crippen LogP contribution in [0.25, 0.3) is 28.2 Å². The SMILES string of the molecule is O=c1cc(-c2ccccc2)oc2nc3ccccc3n12. The van der Waals surface area contributed by atoms with Gasteiger partial charge in [0.1, 0.15) is 5.76 Å². The van der Waals surface area contributed by atoms with Crippen molar-refractivity contribution in [2.24, 2.45) is 0 Å². The lowest BCUT2D eigenvalue weighted by atomic mass is 10.2. The van der Waals surface area contributed by atoms with Crippen LogP contribution in [0.1, 0.15) is 0 Å². The lowest BCUT2D eigenvalue weighted by Crippen LogP contribution is -2.10. The van der Waals surface area contributed by atoms with Crippen molar-refractivity contribution in [3.8, 4) is 11.3 Å². The van der Waals surface area contributed by atoms with E-state index >= 15 is 0 Å². The van der Waals surface area contributed by atoms with Gasteiger partial charge in [0.05, 0.1) is 11.0 Å². The van der Waals surface area contributed by atoms with Gasteiger partial charge in [0.2, 0.25) is 0 Å². The molecule has 0 fully saturated rings. The number of imidazole rings is 1. The molecule has 4 aromatic rings. The third-order valence-electron chi connectivity index (χ3n) is 3.26. The molecule has 0 radical (unpaired) electrons. The molecule has 0 saturated heterocycles. The molecule has 20 heavy (non-hydrogen) atoms. The van der Waals surface area contributed by atoms with Crippen LogP contribution in [0.3, 0.4) is 0 Å². The molecule has 4 nitrogen and oxygen atoms in total. The van der Waals surface area contributed by atoms with Gasteiger partial charge in [0.25, 0.3) is 5.56 Å². The molecule has 0 atom stereocenters. The Bertz CT molecular complexity index is 968. The van der Waals surface area contributed by atoms with Crippen molar-refractivity contribution in [1.82, 2.24) is 9.38 Å². The Labute approximate surface area is 113 Å². The van der Waals surface area contributed by atoms with Crippen molar-refractivity contribution in [3.05, 3.63) is 71.0 Å². The Kier molecular flexibility index (Phi) is 2.23. The van der Waals surface area contributed by atoms with Gasteiger partial charge in [-0.1, -0.05) is 42.5 Å². The van der Waals surface area contributed by atoms with Gasteiger partial charge < -0.3 is 4.42 Å². The van der Waals surface area contributed by atoms with Crippen LogP contribution in [0, 0.1) is 0 Å². The molecule has 2 aromatic heterocycles. The number of rotatable bonds is 1. The van der Waals surface area contributed by atoms with Crippen molar-refractivity contribution in [1.29, 1.82) is 0 Å². The van der Waals surface area contributed by atoms with Crippen molar-refractivity contribution in [2.45, 2.75) is 0 Å². The number of para-hydroxylation sites is 2.